The van der Waals surface area contributed by atoms with Crippen LogP contribution in [0.4, 0.5) is 4.39 Å². The highest BCUT2D eigenvalue weighted by molar-refractivity contribution is 9.10. The number of amides is 3. The smallest absolute Gasteiger partial charge is 0.251 e. The molecule has 34 heavy (non-hydrogen) atoms. The molecule has 1 aromatic rings. The molecule has 1 aromatic carbocycles. The van der Waals surface area contributed by atoms with E-state index < -0.39 is 42.3 Å². The van der Waals surface area contributed by atoms with E-state index in [2.05, 4.69) is 31.6 Å². The van der Waals surface area contributed by atoms with Crippen molar-refractivity contribution in [2.75, 3.05) is 26.3 Å². The summed E-state index contributed by atoms with van der Waals surface area (Å²) in [6.45, 7) is -0.912. The van der Waals surface area contributed by atoms with Gasteiger partial charge >= 0.3 is 0 Å². The number of carbonyl (C=O) groups is 4. The van der Waals surface area contributed by atoms with E-state index in [0.29, 0.717) is 31.4 Å². The number of aliphatic imine (C=N–C) groups is 1. The molecule has 0 unspecified atom stereocenters. The third-order valence-electron chi connectivity index (χ3n) is 5.41. The Morgan fingerprint density at radius 1 is 1.18 bits per heavy atom. The zero-order valence-corrected chi connectivity index (χ0v) is 20.4. The normalized spacial score (nSPS) is 16.3. The first-order valence-electron chi connectivity index (χ1n) is 11.0. The van der Waals surface area contributed by atoms with Crippen molar-refractivity contribution in [1.82, 2.24) is 15.5 Å². The third-order valence-corrected chi connectivity index (χ3v) is 5.94. The number of alkyl halides is 1. The van der Waals surface area contributed by atoms with E-state index in [1.807, 2.05) is 0 Å². The minimum atomic E-state index is -1.22. The van der Waals surface area contributed by atoms with Crippen LogP contribution in [0.25, 0.3) is 0 Å². The van der Waals surface area contributed by atoms with E-state index >= 15 is 0 Å². The minimum absolute atomic E-state index is 0.0963. The second-order valence-corrected chi connectivity index (χ2v) is 8.81. The van der Waals surface area contributed by atoms with Crippen LogP contribution < -0.4 is 22.1 Å². The topological polar surface area (TPSA) is 160 Å². The van der Waals surface area contributed by atoms with E-state index in [-0.39, 0.29) is 25.5 Å². The number of ketones is 1. The lowest BCUT2D eigenvalue weighted by molar-refractivity contribution is -0.142. The molecule has 186 valence electrons. The highest BCUT2D eigenvalue weighted by Gasteiger charge is 2.34. The van der Waals surface area contributed by atoms with E-state index in [9.17, 15) is 23.6 Å². The first-order valence-corrected chi connectivity index (χ1v) is 11.8. The third kappa shape index (κ3) is 8.40. The van der Waals surface area contributed by atoms with Crippen LogP contribution in [0.5, 0.6) is 0 Å². The molecular weight excluding hydrogens is 511 g/mol. The maximum atomic E-state index is 13.0. The largest absolute Gasteiger partial charge is 0.370 e. The monoisotopic (exact) mass is 540 g/mol. The van der Waals surface area contributed by atoms with Gasteiger partial charge in [0.05, 0.1) is 12.6 Å². The number of nitrogens with zero attached hydrogens (tertiary/aromatic N) is 2. The van der Waals surface area contributed by atoms with Crippen LogP contribution in [0.1, 0.15) is 42.5 Å². The van der Waals surface area contributed by atoms with E-state index in [1.54, 1.807) is 24.3 Å². The molecule has 1 heterocycles. The number of Topliss-reactive ketones (excluding diaryl/α,β-unsaturated/α-hetero) is 1. The number of nitrogens with two attached hydrogens (primary N) is 2. The Hall–Kier alpha value is -3.02. The summed E-state index contributed by atoms with van der Waals surface area (Å²) in [4.78, 5) is 55.3. The minimum Gasteiger partial charge on any atom is -0.370 e. The van der Waals surface area contributed by atoms with Crippen LogP contribution in [-0.2, 0) is 14.4 Å². The van der Waals surface area contributed by atoms with Gasteiger partial charge in [0.25, 0.3) is 5.91 Å². The second kappa shape index (κ2) is 13.6. The summed E-state index contributed by atoms with van der Waals surface area (Å²) in [5.74, 6) is -2.20. The molecule has 0 saturated carbocycles. The number of hydrogen-bond acceptors (Lipinski definition) is 5. The maximum Gasteiger partial charge on any atom is 0.251 e. The average Bonchev–Trinajstić information content (AvgIpc) is 2.83. The molecule has 2 atom stereocenters. The van der Waals surface area contributed by atoms with Crippen LogP contribution in [0.15, 0.2) is 33.7 Å². The number of hydrogen-bond donors (Lipinski definition) is 4. The van der Waals surface area contributed by atoms with Crippen molar-refractivity contribution in [3.05, 3.63) is 34.3 Å². The SMILES string of the molecule is NC(N)=NCCC[C@H](NC(=O)[C@@H]1CCCCN1C(=O)CNC(=O)c1ccc(Br)cc1)C(=O)CF. The Morgan fingerprint density at radius 2 is 1.88 bits per heavy atom. The Balaban J connectivity index is 1.97. The zero-order chi connectivity index (χ0) is 25.1. The van der Waals surface area contributed by atoms with Gasteiger partial charge in [-0.2, -0.15) is 0 Å². The Morgan fingerprint density at radius 3 is 2.53 bits per heavy atom. The lowest BCUT2D eigenvalue weighted by atomic mass is 9.99. The quantitative estimate of drug-likeness (QED) is 0.183. The standard InChI is InChI=1S/C22H30BrFN6O4/c23-15-8-6-14(7-9-15)20(33)28-13-19(32)30-11-2-1-5-17(30)21(34)29-16(18(31)12-24)4-3-10-27-22(25)26/h6-9,16-17H,1-5,10-13H2,(H,28,33)(H,29,34)(H4,25,26,27)/t16-,17-/m0/s1. The number of guanidine groups is 1. The predicted molar refractivity (Wildman–Crippen MR) is 129 cm³/mol. The number of halogens is 2. The van der Waals surface area contributed by atoms with Crippen LogP contribution in [0.3, 0.4) is 0 Å². The number of piperidine rings is 1. The molecule has 0 bridgehead atoms. The fourth-order valence-corrected chi connectivity index (χ4v) is 3.91. The van der Waals surface area contributed by atoms with E-state index in [4.69, 9.17) is 11.5 Å². The van der Waals surface area contributed by atoms with Crippen molar-refractivity contribution < 1.29 is 23.6 Å². The summed E-state index contributed by atoms with van der Waals surface area (Å²) in [6.07, 6.45) is 2.36. The Labute approximate surface area is 205 Å². The molecule has 1 aliphatic rings. The van der Waals surface area contributed by atoms with Gasteiger partial charge in [0, 0.05) is 23.1 Å². The van der Waals surface area contributed by atoms with Crippen molar-refractivity contribution in [3.8, 4) is 0 Å². The van der Waals surface area contributed by atoms with E-state index in [1.165, 1.54) is 4.90 Å². The number of benzene rings is 1. The van der Waals surface area contributed by atoms with Gasteiger partial charge < -0.3 is 27.0 Å². The first kappa shape index (κ1) is 27.2. The summed E-state index contributed by atoms with van der Waals surface area (Å²) in [5, 5.41) is 5.15. The molecular formula is C22H30BrFN6O4. The lowest BCUT2D eigenvalue weighted by Gasteiger charge is -2.35. The second-order valence-electron chi connectivity index (χ2n) is 7.90. The van der Waals surface area contributed by atoms with Gasteiger partial charge in [0.15, 0.2) is 11.7 Å². The van der Waals surface area contributed by atoms with Crippen LogP contribution in [0.2, 0.25) is 0 Å². The predicted octanol–water partition coefficient (Wildman–Crippen LogP) is 0.637. The Kier molecular flexibility index (Phi) is 10.9. The summed E-state index contributed by atoms with van der Waals surface area (Å²) in [6, 6.07) is 4.83. The molecule has 0 aliphatic carbocycles. The number of rotatable bonds is 11. The number of nitrogens with one attached hydrogen (secondary N) is 2. The number of likely N-dealkylation sites (tertiary alicyclic amines) is 1. The van der Waals surface area contributed by atoms with Gasteiger partial charge in [-0.15, -0.1) is 0 Å². The van der Waals surface area contributed by atoms with Crippen molar-refractivity contribution >= 4 is 45.4 Å². The fraction of sp³-hybridized carbons (Fsp3) is 0.500. The highest BCUT2D eigenvalue weighted by atomic mass is 79.9. The number of carbonyl (C=O) groups excluding carboxylic acids is 4. The molecule has 2 rings (SSSR count). The molecule has 1 saturated heterocycles. The lowest BCUT2D eigenvalue weighted by Crippen LogP contribution is -2.56. The van der Waals surface area contributed by atoms with Gasteiger partial charge in [-0.3, -0.25) is 24.2 Å². The van der Waals surface area contributed by atoms with Gasteiger partial charge in [0.2, 0.25) is 11.8 Å². The summed E-state index contributed by atoms with van der Waals surface area (Å²) < 4.78 is 13.9. The molecule has 6 N–H and O–H groups in total. The summed E-state index contributed by atoms with van der Waals surface area (Å²) in [7, 11) is 0. The molecule has 10 nitrogen and oxygen atoms in total. The Bertz CT molecular complexity index is 907. The van der Waals surface area contributed by atoms with Crippen molar-refractivity contribution in [3.63, 3.8) is 0 Å². The van der Waals surface area contributed by atoms with Crippen molar-refractivity contribution in [2.45, 2.75) is 44.2 Å². The van der Waals surface area contributed by atoms with Crippen molar-refractivity contribution in [1.29, 1.82) is 0 Å². The molecule has 12 heteroatoms. The van der Waals surface area contributed by atoms with Gasteiger partial charge in [-0.25, -0.2) is 4.39 Å². The van der Waals surface area contributed by atoms with Gasteiger partial charge in [-0.05, 0) is 56.4 Å². The van der Waals surface area contributed by atoms with Gasteiger partial charge in [0.1, 0.15) is 12.7 Å². The van der Waals surface area contributed by atoms with Crippen molar-refractivity contribution in [2.24, 2.45) is 16.5 Å². The molecule has 1 aliphatic heterocycles. The van der Waals surface area contributed by atoms with E-state index in [0.717, 1.165) is 10.9 Å². The van der Waals surface area contributed by atoms with Crippen LogP contribution in [0, 0.1) is 0 Å². The molecule has 3 amide bonds. The molecule has 0 spiro atoms. The first-order chi connectivity index (χ1) is 16.2. The maximum absolute atomic E-state index is 13.0. The molecule has 0 radical (unpaired) electrons. The summed E-state index contributed by atoms with van der Waals surface area (Å²) >= 11 is 3.29. The highest BCUT2D eigenvalue weighted by Crippen LogP contribution is 2.18. The molecule has 1 fully saturated rings. The van der Waals surface area contributed by atoms with Crippen LogP contribution in [-0.4, -0.2) is 72.8 Å². The summed E-state index contributed by atoms with van der Waals surface area (Å²) in [5.41, 5.74) is 10.9. The molecule has 0 aromatic heterocycles. The zero-order valence-electron chi connectivity index (χ0n) is 18.8. The van der Waals surface area contributed by atoms with Crippen LogP contribution >= 0.6 is 15.9 Å². The van der Waals surface area contributed by atoms with Gasteiger partial charge in [-0.1, -0.05) is 15.9 Å². The fourth-order valence-electron chi connectivity index (χ4n) is 3.64. The average molecular weight is 541 g/mol.